The molecule has 1 saturated heterocycles. The Morgan fingerprint density at radius 1 is 1.21 bits per heavy atom. The van der Waals surface area contributed by atoms with Crippen LogP contribution in [-0.2, 0) is 11.2 Å². The van der Waals surface area contributed by atoms with Gasteiger partial charge >= 0.3 is 6.03 Å². The molecule has 134 valence electrons. The van der Waals surface area contributed by atoms with Crippen molar-refractivity contribution in [1.82, 2.24) is 15.5 Å². The molecule has 0 aromatic heterocycles. The number of hydrogen-bond donors (Lipinski definition) is 2. The topological polar surface area (TPSA) is 62.8 Å². The van der Waals surface area contributed by atoms with Gasteiger partial charge in [0.1, 0.15) is 5.75 Å². The minimum Gasteiger partial charge on any atom is -0.473 e. The van der Waals surface area contributed by atoms with Crippen LogP contribution in [0.4, 0.5) is 4.79 Å². The van der Waals surface area contributed by atoms with Crippen LogP contribution in [0.5, 0.6) is 5.75 Å². The third-order valence-electron chi connectivity index (χ3n) is 3.97. The number of rotatable bonds is 9. The monoisotopic (exact) mass is 335 g/mol. The van der Waals surface area contributed by atoms with Crippen molar-refractivity contribution < 1.29 is 14.3 Å². The first-order chi connectivity index (χ1) is 11.8. The molecule has 24 heavy (non-hydrogen) atoms. The van der Waals surface area contributed by atoms with Crippen molar-refractivity contribution in [2.45, 2.75) is 26.2 Å². The summed E-state index contributed by atoms with van der Waals surface area (Å²) in [5, 5.41) is 5.55. The van der Waals surface area contributed by atoms with E-state index >= 15 is 0 Å². The number of morpholine rings is 1. The molecular formula is C18H29N3O3. The van der Waals surface area contributed by atoms with E-state index in [1.54, 1.807) is 0 Å². The fourth-order valence-corrected chi connectivity index (χ4v) is 2.62. The minimum atomic E-state index is -0.195. The molecule has 0 atom stereocenters. The molecule has 6 nitrogen and oxygen atoms in total. The first kappa shape index (κ1) is 18.5. The molecule has 0 bridgehead atoms. The number of aryl methyl sites for hydroxylation is 1. The third kappa shape index (κ3) is 7.19. The number of amides is 2. The second kappa shape index (κ2) is 10.9. The summed E-state index contributed by atoms with van der Waals surface area (Å²) in [6.07, 6.45) is 3.14. The number of carbonyl (C=O) groups excluding carboxylic acids is 1. The van der Waals surface area contributed by atoms with Crippen molar-refractivity contribution in [1.29, 1.82) is 0 Å². The molecule has 6 heteroatoms. The molecule has 1 heterocycles. The Kier molecular flexibility index (Phi) is 8.41. The van der Waals surface area contributed by atoms with Gasteiger partial charge in [0.15, 0.2) is 6.73 Å². The zero-order chi connectivity index (χ0) is 17.0. The summed E-state index contributed by atoms with van der Waals surface area (Å²) in [6, 6.07) is 7.80. The molecule has 1 aromatic carbocycles. The Labute approximate surface area is 144 Å². The molecule has 0 saturated carbocycles. The first-order valence-corrected chi connectivity index (χ1v) is 8.81. The Morgan fingerprint density at radius 3 is 2.67 bits per heavy atom. The lowest BCUT2D eigenvalue weighted by Crippen LogP contribution is -2.40. The summed E-state index contributed by atoms with van der Waals surface area (Å²) in [5.74, 6) is 0.766. The Balaban J connectivity index is 1.51. The molecular weight excluding hydrogens is 306 g/mol. The highest BCUT2D eigenvalue weighted by atomic mass is 16.5. The Bertz CT molecular complexity index is 473. The number of ether oxygens (including phenoxy) is 2. The molecule has 2 amide bonds. The number of hydrogen-bond acceptors (Lipinski definition) is 4. The van der Waals surface area contributed by atoms with E-state index in [0.29, 0.717) is 6.54 Å². The van der Waals surface area contributed by atoms with E-state index in [2.05, 4.69) is 34.6 Å². The average Bonchev–Trinajstić information content (AvgIpc) is 2.61. The van der Waals surface area contributed by atoms with Crippen LogP contribution in [0.1, 0.15) is 25.3 Å². The molecule has 0 unspecified atom stereocenters. The van der Waals surface area contributed by atoms with Gasteiger partial charge in [-0.05, 0) is 37.1 Å². The highest BCUT2D eigenvalue weighted by Crippen LogP contribution is 2.12. The summed E-state index contributed by atoms with van der Waals surface area (Å²) in [4.78, 5) is 14.0. The summed E-state index contributed by atoms with van der Waals surface area (Å²) in [7, 11) is 0. The predicted octanol–water partition coefficient (Wildman–Crippen LogP) is 2.00. The smallest absolute Gasteiger partial charge is 0.317 e. The van der Waals surface area contributed by atoms with Crippen molar-refractivity contribution in [3.05, 3.63) is 29.8 Å². The molecule has 0 radical (unpaired) electrons. The van der Waals surface area contributed by atoms with Crippen LogP contribution in [-0.4, -0.2) is 57.1 Å². The molecule has 1 aliphatic heterocycles. The molecule has 2 rings (SSSR count). The van der Waals surface area contributed by atoms with E-state index in [4.69, 9.17) is 9.47 Å². The predicted molar refractivity (Wildman–Crippen MR) is 94.3 cm³/mol. The zero-order valence-corrected chi connectivity index (χ0v) is 14.6. The molecule has 1 aliphatic rings. The maximum atomic E-state index is 11.7. The van der Waals surface area contributed by atoms with Crippen LogP contribution in [0.3, 0.4) is 0 Å². The Hall–Kier alpha value is -1.79. The maximum absolute atomic E-state index is 11.7. The number of carbonyl (C=O) groups is 1. The SMILES string of the molecule is CCCc1ccc(OCNC(=O)NCCCN2CCOCC2)cc1. The molecule has 0 aliphatic carbocycles. The van der Waals surface area contributed by atoms with Crippen LogP contribution in [0.25, 0.3) is 0 Å². The zero-order valence-electron chi connectivity index (χ0n) is 14.6. The summed E-state index contributed by atoms with van der Waals surface area (Å²) < 4.78 is 10.8. The lowest BCUT2D eigenvalue weighted by molar-refractivity contribution is 0.0375. The summed E-state index contributed by atoms with van der Waals surface area (Å²) in [5.41, 5.74) is 1.30. The number of benzene rings is 1. The van der Waals surface area contributed by atoms with Gasteiger partial charge in [-0.3, -0.25) is 4.90 Å². The maximum Gasteiger partial charge on any atom is 0.317 e. The van der Waals surface area contributed by atoms with Crippen LogP contribution < -0.4 is 15.4 Å². The molecule has 2 N–H and O–H groups in total. The van der Waals surface area contributed by atoms with Gasteiger partial charge in [-0.2, -0.15) is 0 Å². The van der Waals surface area contributed by atoms with Crippen molar-refractivity contribution in [2.24, 2.45) is 0 Å². The van der Waals surface area contributed by atoms with Gasteiger partial charge in [-0.15, -0.1) is 0 Å². The van der Waals surface area contributed by atoms with E-state index in [9.17, 15) is 4.79 Å². The van der Waals surface area contributed by atoms with Crippen LogP contribution in [0, 0.1) is 0 Å². The second-order valence-electron chi connectivity index (χ2n) is 5.92. The van der Waals surface area contributed by atoms with Crippen molar-refractivity contribution in [3.63, 3.8) is 0 Å². The van der Waals surface area contributed by atoms with Crippen molar-refractivity contribution in [2.75, 3.05) is 46.1 Å². The largest absolute Gasteiger partial charge is 0.473 e. The van der Waals surface area contributed by atoms with Crippen LogP contribution in [0.15, 0.2) is 24.3 Å². The van der Waals surface area contributed by atoms with Gasteiger partial charge < -0.3 is 20.1 Å². The number of nitrogens with one attached hydrogen (secondary N) is 2. The summed E-state index contributed by atoms with van der Waals surface area (Å²) >= 11 is 0. The highest BCUT2D eigenvalue weighted by molar-refractivity contribution is 5.73. The van der Waals surface area contributed by atoms with E-state index in [0.717, 1.165) is 57.9 Å². The quantitative estimate of drug-likeness (QED) is 0.535. The minimum absolute atomic E-state index is 0.169. The van der Waals surface area contributed by atoms with E-state index in [-0.39, 0.29) is 12.8 Å². The molecule has 0 spiro atoms. The Morgan fingerprint density at radius 2 is 1.96 bits per heavy atom. The lowest BCUT2D eigenvalue weighted by Gasteiger charge is -2.26. The fourth-order valence-electron chi connectivity index (χ4n) is 2.62. The highest BCUT2D eigenvalue weighted by Gasteiger charge is 2.09. The fraction of sp³-hybridized carbons (Fsp3) is 0.611. The third-order valence-corrected chi connectivity index (χ3v) is 3.97. The number of nitrogens with zero attached hydrogens (tertiary/aromatic N) is 1. The lowest BCUT2D eigenvalue weighted by atomic mass is 10.1. The van der Waals surface area contributed by atoms with Crippen molar-refractivity contribution >= 4 is 6.03 Å². The van der Waals surface area contributed by atoms with E-state index in [1.165, 1.54) is 5.56 Å². The average molecular weight is 335 g/mol. The van der Waals surface area contributed by atoms with Crippen molar-refractivity contribution in [3.8, 4) is 5.75 Å². The van der Waals surface area contributed by atoms with Gasteiger partial charge in [0.2, 0.25) is 0 Å². The normalized spacial score (nSPS) is 15.0. The first-order valence-electron chi connectivity index (χ1n) is 8.81. The molecule has 1 aromatic rings. The second-order valence-corrected chi connectivity index (χ2v) is 5.92. The summed E-state index contributed by atoms with van der Waals surface area (Å²) in [6.45, 7) is 7.57. The molecule has 1 fully saturated rings. The van der Waals surface area contributed by atoms with E-state index in [1.807, 2.05) is 12.1 Å². The van der Waals surface area contributed by atoms with Gasteiger partial charge in [0, 0.05) is 19.6 Å². The van der Waals surface area contributed by atoms with Crippen LogP contribution in [0.2, 0.25) is 0 Å². The van der Waals surface area contributed by atoms with Gasteiger partial charge in [-0.25, -0.2) is 4.79 Å². The van der Waals surface area contributed by atoms with Gasteiger partial charge in [0.05, 0.1) is 13.2 Å². The standard InChI is InChI=1S/C18H29N3O3/c1-2-4-16-5-7-17(8-6-16)24-15-20-18(22)19-9-3-10-21-11-13-23-14-12-21/h5-8H,2-4,9-15H2,1H3,(H2,19,20,22). The number of urea groups is 1. The van der Waals surface area contributed by atoms with Gasteiger partial charge in [-0.1, -0.05) is 25.5 Å². The van der Waals surface area contributed by atoms with Gasteiger partial charge in [0.25, 0.3) is 0 Å². The van der Waals surface area contributed by atoms with E-state index < -0.39 is 0 Å². The van der Waals surface area contributed by atoms with Crippen LogP contribution >= 0.6 is 0 Å².